The number of nitro groups is 1. The van der Waals surface area contributed by atoms with Crippen LogP contribution in [0.25, 0.3) is 6.08 Å². The fourth-order valence-corrected chi connectivity index (χ4v) is 1.89. The van der Waals surface area contributed by atoms with Gasteiger partial charge in [-0.15, -0.1) is 0 Å². The Morgan fingerprint density at radius 2 is 1.92 bits per heavy atom. The summed E-state index contributed by atoms with van der Waals surface area (Å²) in [6.07, 6.45) is 2.61. The molecule has 2 aromatic carbocycles. The van der Waals surface area contributed by atoms with E-state index in [9.17, 15) is 19.3 Å². The van der Waals surface area contributed by atoms with Gasteiger partial charge in [-0.05, 0) is 36.4 Å². The van der Waals surface area contributed by atoms with Crippen LogP contribution in [0.15, 0.2) is 54.6 Å². The first-order chi connectivity index (χ1) is 11.6. The second-order valence-electron chi connectivity index (χ2n) is 4.74. The van der Waals surface area contributed by atoms with Gasteiger partial charge in [0.1, 0.15) is 18.2 Å². The molecule has 2 aromatic rings. The van der Waals surface area contributed by atoms with E-state index in [2.05, 4.69) is 5.32 Å². The average Bonchev–Trinajstić information content (AvgIpc) is 2.58. The van der Waals surface area contributed by atoms with Crippen molar-refractivity contribution in [1.29, 1.82) is 0 Å². The molecule has 0 aromatic heterocycles. The van der Waals surface area contributed by atoms with E-state index in [0.717, 1.165) is 0 Å². The molecule has 7 heteroatoms. The molecule has 2 rings (SSSR count). The Morgan fingerprint density at radius 1 is 1.21 bits per heavy atom. The van der Waals surface area contributed by atoms with Gasteiger partial charge in [0.2, 0.25) is 5.91 Å². The molecule has 0 unspecified atom stereocenters. The number of rotatable bonds is 7. The van der Waals surface area contributed by atoms with Crippen LogP contribution in [-0.4, -0.2) is 24.0 Å². The van der Waals surface area contributed by atoms with E-state index in [1.807, 2.05) is 0 Å². The maximum Gasteiger partial charge on any atom is 0.276 e. The number of carbonyl (C=O) groups is 1. The van der Waals surface area contributed by atoms with E-state index in [0.29, 0.717) is 11.3 Å². The van der Waals surface area contributed by atoms with E-state index in [4.69, 9.17) is 4.74 Å². The highest BCUT2D eigenvalue weighted by Gasteiger charge is 2.09. The third-order valence-corrected chi connectivity index (χ3v) is 3.03. The second-order valence-corrected chi connectivity index (χ2v) is 4.74. The van der Waals surface area contributed by atoms with Gasteiger partial charge in [-0.3, -0.25) is 14.9 Å². The monoisotopic (exact) mass is 330 g/mol. The topological polar surface area (TPSA) is 81.5 Å². The van der Waals surface area contributed by atoms with Crippen molar-refractivity contribution in [2.45, 2.75) is 0 Å². The first-order valence-corrected chi connectivity index (χ1v) is 7.14. The number of nitrogens with zero attached hydrogens (tertiary/aromatic N) is 1. The van der Waals surface area contributed by atoms with Crippen molar-refractivity contribution >= 4 is 17.7 Å². The molecule has 0 aliphatic heterocycles. The lowest BCUT2D eigenvalue weighted by Gasteiger charge is -2.06. The lowest BCUT2D eigenvalue weighted by molar-refractivity contribution is -0.385. The summed E-state index contributed by atoms with van der Waals surface area (Å²) in [7, 11) is 0. The van der Waals surface area contributed by atoms with Crippen LogP contribution in [0.3, 0.4) is 0 Å². The van der Waals surface area contributed by atoms with Crippen molar-refractivity contribution in [3.05, 3.63) is 76.1 Å². The third kappa shape index (κ3) is 5.20. The molecule has 0 aliphatic rings. The molecular formula is C17H15FN2O4. The van der Waals surface area contributed by atoms with Gasteiger partial charge >= 0.3 is 0 Å². The Hall–Kier alpha value is -3.22. The van der Waals surface area contributed by atoms with Gasteiger partial charge < -0.3 is 10.1 Å². The van der Waals surface area contributed by atoms with Crippen LogP contribution in [0.1, 0.15) is 5.56 Å². The Balaban J connectivity index is 1.79. The molecule has 0 spiro atoms. The summed E-state index contributed by atoms with van der Waals surface area (Å²) >= 11 is 0. The third-order valence-electron chi connectivity index (χ3n) is 3.03. The first-order valence-electron chi connectivity index (χ1n) is 7.14. The first kappa shape index (κ1) is 17.1. The standard InChI is InChI=1S/C17H15FN2O4/c18-14-6-8-15(9-7-14)24-12-11-19-17(21)10-5-13-3-1-2-4-16(13)20(22)23/h1-10H,11-12H2,(H,19,21)/b10-5+. The number of nitrogens with one attached hydrogen (secondary N) is 1. The second kappa shape index (κ2) is 8.42. The van der Waals surface area contributed by atoms with Crippen LogP contribution in [0, 0.1) is 15.9 Å². The summed E-state index contributed by atoms with van der Waals surface area (Å²) in [5.74, 6) is -0.243. The predicted octanol–water partition coefficient (Wildman–Crippen LogP) is 2.94. The summed E-state index contributed by atoms with van der Waals surface area (Å²) < 4.78 is 18.1. The number of nitro benzene ring substituents is 1. The molecule has 0 aliphatic carbocycles. The van der Waals surface area contributed by atoms with Gasteiger partial charge in [-0.1, -0.05) is 12.1 Å². The van der Waals surface area contributed by atoms with Crippen molar-refractivity contribution in [2.24, 2.45) is 0 Å². The molecule has 24 heavy (non-hydrogen) atoms. The highest BCUT2D eigenvalue weighted by molar-refractivity contribution is 5.92. The molecule has 0 heterocycles. The lowest BCUT2D eigenvalue weighted by atomic mass is 10.1. The summed E-state index contributed by atoms with van der Waals surface area (Å²) in [5.41, 5.74) is 0.279. The molecule has 1 amide bonds. The van der Waals surface area contributed by atoms with Crippen LogP contribution in [0.2, 0.25) is 0 Å². The van der Waals surface area contributed by atoms with Gasteiger partial charge in [0.25, 0.3) is 5.69 Å². The van der Waals surface area contributed by atoms with Crippen LogP contribution in [-0.2, 0) is 4.79 Å². The zero-order valence-corrected chi connectivity index (χ0v) is 12.6. The predicted molar refractivity (Wildman–Crippen MR) is 87.0 cm³/mol. The molecule has 124 valence electrons. The van der Waals surface area contributed by atoms with Crippen LogP contribution >= 0.6 is 0 Å². The minimum Gasteiger partial charge on any atom is -0.492 e. The Bertz CT molecular complexity index is 745. The molecular weight excluding hydrogens is 315 g/mol. The van der Waals surface area contributed by atoms with Gasteiger partial charge in [-0.25, -0.2) is 4.39 Å². The van der Waals surface area contributed by atoms with Gasteiger partial charge in [0.15, 0.2) is 0 Å². The largest absolute Gasteiger partial charge is 0.492 e. The minimum atomic E-state index is -0.506. The molecule has 0 saturated carbocycles. The Labute approximate surface area is 137 Å². The van der Waals surface area contributed by atoms with Crippen LogP contribution in [0.4, 0.5) is 10.1 Å². The number of amides is 1. The molecule has 6 nitrogen and oxygen atoms in total. The maximum atomic E-state index is 12.7. The van der Waals surface area contributed by atoms with Crippen molar-refractivity contribution < 1.29 is 18.8 Å². The average molecular weight is 330 g/mol. The Morgan fingerprint density at radius 3 is 2.62 bits per heavy atom. The zero-order chi connectivity index (χ0) is 17.4. The fraction of sp³-hybridized carbons (Fsp3) is 0.118. The van der Waals surface area contributed by atoms with Crippen LogP contribution < -0.4 is 10.1 Å². The number of carbonyl (C=O) groups excluding carboxylic acids is 1. The van der Waals surface area contributed by atoms with Crippen LogP contribution in [0.5, 0.6) is 5.75 Å². The van der Waals surface area contributed by atoms with E-state index in [-0.39, 0.29) is 24.7 Å². The van der Waals surface area contributed by atoms with Gasteiger partial charge in [-0.2, -0.15) is 0 Å². The summed E-state index contributed by atoms with van der Waals surface area (Å²) in [5, 5.41) is 13.5. The van der Waals surface area contributed by atoms with E-state index < -0.39 is 10.8 Å². The van der Waals surface area contributed by atoms with Crippen molar-refractivity contribution in [3.63, 3.8) is 0 Å². The fourth-order valence-electron chi connectivity index (χ4n) is 1.89. The number of hydrogen-bond acceptors (Lipinski definition) is 4. The smallest absolute Gasteiger partial charge is 0.276 e. The zero-order valence-electron chi connectivity index (χ0n) is 12.6. The molecule has 0 radical (unpaired) electrons. The minimum absolute atomic E-state index is 0.0683. The SMILES string of the molecule is O=C(/C=C/c1ccccc1[N+](=O)[O-])NCCOc1ccc(F)cc1. The van der Waals surface area contributed by atoms with Crippen molar-refractivity contribution in [1.82, 2.24) is 5.32 Å². The molecule has 0 fully saturated rings. The number of benzene rings is 2. The quantitative estimate of drug-likeness (QED) is 0.366. The highest BCUT2D eigenvalue weighted by atomic mass is 19.1. The van der Waals surface area contributed by atoms with Crippen molar-refractivity contribution in [2.75, 3.05) is 13.2 Å². The molecule has 0 saturated heterocycles. The number of para-hydroxylation sites is 1. The van der Waals surface area contributed by atoms with E-state index in [1.54, 1.807) is 18.2 Å². The maximum absolute atomic E-state index is 12.7. The molecule has 0 bridgehead atoms. The summed E-state index contributed by atoms with van der Waals surface area (Å²) in [4.78, 5) is 22.0. The van der Waals surface area contributed by atoms with Crippen molar-refractivity contribution in [3.8, 4) is 5.75 Å². The summed E-state index contributed by atoms with van der Waals surface area (Å²) in [6, 6.07) is 11.7. The Kier molecular flexibility index (Phi) is 6.01. The van der Waals surface area contributed by atoms with Gasteiger partial charge in [0.05, 0.1) is 17.0 Å². The highest BCUT2D eigenvalue weighted by Crippen LogP contribution is 2.18. The number of ether oxygens (including phenoxy) is 1. The van der Waals surface area contributed by atoms with E-state index >= 15 is 0 Å². The normalized spacial score (nSPS) is 10.5. The van der Waals surface area contributed by atoms with Gasteiger partial charge in [0, 0.05) is 12.1 Å². The number of halogens is 1. The molecule has 1 N–H and O–H groups in total. The molecule has 0 atom stereocenters. The lowest BCUT2D eigenvalue weighted by Crippen LogP contribution is -2.26. The van der Waals surface area contributed by atoms with E-state index in [1.165, 1.54) is 42.5 Å². The summed E-state index contributed by atoms with van der Waals surface area (Å²) in [6.45, 7) is 0.466. The number of hydrogen-bond donors (Lipinski definition) is 1.